The van der Waals surface area contributed by atoms with Gasteiger partial charge in [0.25, 0.3) is 0 Å². The Kier molecular flexibility index (Phi) is 3.98. The summed E-state index contributed by atoms with van der Waals surface area (Å²) in [6, 6.07) is 5.98. The third kappa shape index (κ3) is 2.99. The Morgan fingerprint density at radius 3 is 2.50 bits per heavy atom. The van der Waals surface area contributed by atoms with Crippen molar-refractivity contribution >= 4 is 0 Å². The van der Waals surface area contributed by atoms with Gasteiger partial charge in [0.05, 0.1) is 5.60 Å². The van der Waals surface area contributed by atoms with Crippen LogP contribution in [0.1, 0.15) is 31.9 Å². The zero-order valence-corrected chi connectivity index (χ0v) is 10.9. The molecular weight excluding hydrogens is 200 g/mol. The minimum Gasteiger partial charge on any atom is -0.490 e. The summed E-state index contributed by atoms with van der Waals surface area (Å²) in [6.45, 7) is 10.2. The molecule has 0 radical (unpaired) electrons. The third-order valence-electron chi connectivity index (χ3n) is 3.32. The lowest BCUT2D eigenvalue weighted by Crippen LogP contribution is -2.37. The van der Waals surface area contributed by atoms with Crippen molar-refractivity contribution in [2.75, 3.05) is 6.61 Å². The van der Waals surface area contributed by atoms with Crippen LogP contribution in [-0.2, 0) is 0 Å². The Morgan fingerprint density at radius 1 is 1.31 bits per heavy atom. The summed E-state index contributed by atoms with van der Waals surface area (Å²) < 4.78 is 5.69. The Morgan fingerprint density at radius 2 is 1.94 bits per heavy atom. The van der Waals surface area contributed by atoms with Gasteiger partial charge in [-0.1, -0.05) is 26.0 Å². The van der Waals surface area contributed by atoms with E-state index in [2.05, 4.69) is 13.0 Å². The second kappa shape index (κ2) is 4.88. The summed E-state index contributed by atoms with van der Waals surface area (Å²) >= 11 is 0. The molecule has 0 saturated heterocycles. The molecule has 0 aliphatic carbocycles. The minimum absolute atomic E-state index is 0.178. The van der Waals surface area contributed by atoms with Crippen molar-refractivity contribution < 1.29 is 9.84 Å². The first kappa shape index (κ1) is 13.0. The highest BCUT2D eigenvalue weighted by molar-refractivity contribution is 5.38. The van der Waals surface area contributed by atoms with E-state index in [0.717, 1.165) is 11.3 Å². The van der Waals surface area contributed by atoms with Crippen molar-refractivity contribution in [1.29, 1.82) is 0 Å². The summed E-state index contributed by atoms with van der Waals surface area (Å²) in [5, 5.41) is 10.1. The van der Waals surface area contributed by atoms with Crippen LogP contribution in [0.2, 0.25) is 0 Å². The largest absolute Gasteiger partial charge is 0.490 e. The molecule has 1 atom stereocenters. The fourth-order valence-corrected chi connectivity index (χ4v) is 1.27. The predicted molar refractivity (Wildman–Crippen MR) is 66.9 cm³/mol. The first-order chi connectivity index (χ1) is 7.34. The molecule has 0 aliphatic rings. The number of aryl methyl sites for hydroxylation is 1. The molecule has 2 heteroatoms. The van der Waals surface area contributed by atoms with Crippen LogP contribution >= 0.6 is 0 Å². The van der Waals surface area contributed by atoms with E-state index in [4.69, 9.17) is 4.74 Å². The molecule has 90 valence electrons. The van der Waals surface area contributed by atoms with Gasteiger partial charge < -0.3 is 9.84 Å². The predicted octanol–water partition coefficient (Wildman–Crippen LogP) is 3.09. The van der Waals surface area contributed by atoms with Crippen molar-refractivity contribution in [2.45, 2.75) is 40.2 Å². The average Bonchev–Trinajstić information content (AvgIpc) is 2.20. The molecule has 1 N–H and O–H groups in total. The zero-order valence-electron chi connectivity index (χ0n) is 10.9. The number of hydrogen-bond acceptors (Lipinski definition) is 2. The molecule has 0 bridgehead atoms. The van der Waals surface area contributed by atoms with Crippen LogP contribution < -0.4 is 4.74 Å². The average molecular weight is 222 g/mol. The first-order valence-corrected chi connectivity index (χ1v) is 5.76. The molecule has 1 rings (SSSR count). The second-order valence-electron chi connectivity index (χ2n) is 5.00. The molecule has 0 amide bonds. The van der Waals surface area contributed by atoms with Crippen LogP contribution in [0.15, 0.2) is 18.2 Å². The molecule has 16 heavy (non-hydrogen) atoms. The second-order valence-corrected chi connectivity index (χ2v) is 5.00. The van der Waals surface area contributed by atoms with E-state index in [1.807, 2.05) is 39.8 Å². The molecule has 1 unspecified atom stereocenters. The van der Waals surface area contributed by atoms with Gasteiger partial charge in [0.15, 0.2) is 0 Å². The number of benzene rings is 1. The zero-order chi connectivity index (χ0) is 12.3. The lowest BCUT2D eigenvalue weighted by molar-refractivity contribution is -0.0268. The van der Waals surface area contributed by atoms with Crippen molar-refractivity contribution in [3.63, 3.8) is 0 Å². The van der Waals surface area contributed by atoms with E-state index in [1.54, 1.807) is 0 Å². The van der Waals surface area contributed by atoms with E-state index in [9.17, 15) is 5.11 Å². The van der Waals surface area contributed by atoms with Crippen LogP contribution in [-0.4, -0.2) is 17.3 Å². The third-order valence-corrected chi connectivity index (χ3v) is 3.32. The van der Waals surface area contributed by atoms with Crippen molar-refractivity contribution in [1.82, 2.24) is 0 Å². The van der Waals surface area contributed by atoms with Gasteiger partial charge in [0.2, 0.25) is 0 Å². The molecule has 0 saturated carbocycles. The molecule has 0 heterocycles. The topological polar surface area (TPSA) is 29.5 Å². The maximum atomic E-state index is 10.1. The van der Waals surface area contributed by atoms with Gasteiger partial charge in [-0.15, -0.1) is 0 Å². The Hall–Kier alpha value is -1.02. The summed E-state index contributed by atoms with van der Waals surface area (Å²) in [4.78, 5) is 0. The maximum Gasteiger partial charge on any atom is 0.122 e. The SMILES string of the molecule is Cc1cccc(OCC(C)(O)C(C)C)c1C. The molecular formula is C14H22O2. The summed E-state index contributed by atoms with van der Waals surface area (Å²) in [6.07, 6.45) is 0. The molecule has 0 aromatic heterocycles. The number of hydrogen-bond donors (Lipinski definition) is 1. The summed E-state index contributed by atoms with van der Waals surface area (Å²) in [7, 11) is 0. The molecule has 2 nitrogen and oxygen atoms in total. The van der Waals surface area contributed by atoms with Gasteiger partial charge in [-0.05, 0) is 43.9 Å². The Bertz CT molecular complexity index is 354. The fraction of sp³-hybridized carbons (Fsp3) is 0.571. The van der Waals surface area contributed by atoms with E-state index >= 15 is 0 Å². The monoisotopic (exact) mass is 222 g/mol. The number of aliphatic hydroxyl groups is 1. The molecule has 1 aromatic rings. The van der Waals surface area contributed by atoms with Crippen LogP contribution in [0, 0.1) is 19.8 Å². The van der Waals surface area contributed by atoms with Crippen molar-refractivity contribution in [2.24, 2.45) is 5.92 Å². The maximum absolute atomic E-state index is 10.1. The van der Waals surface area contributed by atoms with Crippen LogP contribution in [0.25, 0.3) is 0 Å². The highest BCUT2D eigenvalue weighted by Gasteiger charge is 2.25. The van der Waals surface area contributed by atoms with E-state index < -0.39 is 5.60 Å². The van der Waals surface area contributed by atoms with E-state index in [0.29, 0.717) is 6.61 Å². The van der Waals surface area contributed by atoms with Crippen molar-refractivity contribution in [3.8, 4) is 5.75 Å². The first-order valence-electron chi connectivity index (χ1n) is 5.76. The standard InChI is InChI=1S/C14H22O2/c1-10(2)14(5,15)9-16-13-8-6-7-11(3)12(13)4/h6-8,10,15H,9H2,1-5H3. The lowest BCUT2D eigenvalue weighted by atomic mass is 9.94. The van der Waals surface area contributed by atoms with Gasteiger partial charge >= 0.3 is 0 Å². The van der Waals surface area contributed by atoms with Gasteiger partial charge in [0, 0.05) is 0 Å². The van der Waals surface area contributed by atoms with Crippen molar-refractivity contribution in [3.05, 3.63) is 29.3 Å². The van der Waals surface area contributed by atoms with E-state index in [-0.39, 0.29) is 5.92 Å². The van der Waals surface area contributed by atoms with Crippen LogP contribution in [0.4, 0.5) is 0 Å². The van der Waals surface area contributed by atoms with Gasteiger partial charge in [-0.25, -0.2) is 0 Å². The number of rotatable bonds is 4. The van der Waals surface area contributed by atoms with Gasteiger partial charge in [-0.3, -0.25) is 0 Å². The highest BCUT2D eigenvalue weighted by atomic mass is 16.5. The minimum atomic E-state index is -0.782. The normalized spacial score (nSPS) is 14.9. The molecule has 0 spiro atoms. The molecule has 1 aromatic carbocycles. The fourth-order valence-electron chi connectivity index (χ4n) is 1.27. The quantitative estimate of drug-likeness (QED) is 0.848. The molecule has 0 fully saturated rings. The Labute approximate surface area is 98.3 Å². The lowest BCUT2D eigenvalue weighted by Gasteiger charge is -2.28. The van der Waals surface area contributed by atoms with Gasteiger partial charge in [0.1, 0.15) is 12.4 Å². The van der Waals surface area contributed by atoms with Crippen LogP contribution in [0.5, 0.6) is 5.75 Å². The Balaban J connectivity index is 2.72. The summed E-state index contributed by atoms with van der Waals surface area (Å²) in [5.41, 5.74) is 1.57. The number of ether oxygens (including phenoxy) is 1. The smallest absolute Gasteiger partial charge is 0.122 e. The van der Waals surface area contributed by atoms with Crippen LogP contribution in [0.3, 0.4) is 0 Å². The van der Waals surface area contributed by atoms with E-state index in [1.165, 1.54) is 5.56 Å². The van der Waals surface area contributed by atoms with Gasteiger partial charge in [-0.2, -0.15) is 0 Å². The highest BCUT2D eigenvalue weighted by Crippen LogP contribution is 2.23. The molecule has 0 aliphatic heterocycles. The summed E-state index contributed by atoms with van der Waals surface area (Å²) in [5.74, 6) is 1.04.